The highest BCUT2D eigenvalue weighted by molar-refractivity contribution is 5.55. The number of H-pyrrole nitrogens is 1. The summed E-state index contributed by atoms with van der Waals surface area (Å²) in [5.41, 5.74) is 1.84. The highest BCUT2D eigenvalue weighted by Crippen LogP contribution is 2.14. The maximum atomic E-state index is 4.05. The summed E-state index contributed by atoms with van der Waals surface area (Å²) in [6.45, 7) is 1.92. The zero-order valence-corrected chi connectivity index (χ0v) is 6.81. The Morgan fingerprint density at radius 3 is 2.83 bits per heavy atom. The summed E-state index contributed by atoms with van der Waals surface area (Å²) in [5, 5.41) is 18.3. The molecule has 1 N–H and O–H groups in total. The van der Waals surface area contributed by atoms with Crippen LogP contribution >= 0.6 is 0 Å². The minimum Gasteiger partial charge on any atom is -0.282 e. The van der Waals surface area contributed by atoms with Gasteiger partial charge in [-0.15, -0.1) is 10.2 Å². The van der Waals surface area contributed by atoms with Gasteiger partial charge in [-0.2, -0.15) is 9.90 Å². The van der Waals surface area contributed by atoms with Crippen LogP contribution in [0.3, 0.4) is 0 Å². The van der Waals surface area contributed by atoms with Gasteiger partial charge in [-0.1, -0.05) is 0 Å². The molecule has 6 nitrogen and oxygen atoms in total. The van der Waals surface area contributed by atoms with Crippen molar-refractivity contribution in [1.29, 1.82) is 0 Å². The monoisotopic (exact) mass is 164 g/mol. The van der Waals surface area contributed by atoms with Crippen molar-refractivity contribution < 1.29 is 0 Å². The lowest BCUT2D eigenvalue weighted by Gasteiger charge is -1.87. The fourth-order valence-corrected chi connectivity index (χ4v) is 0.968. The molecule has 6 heteroatoms. The van der Waals surface area contributed by atoms with Crippen LogP contribution in [0.15, 0.2) is 6.20 Å². The van der Waals surface area contributed by atoms with Gasteiger partial charge >= 0.3 is 0 Å². The van der Waals surface area contributed by atoms with Crippen molar-refractivity contribution in [3.8, 4) is 11.4 Å². The number of aryl methyl sites for hydroxylation is 2. The Bertz CT molecular complexity index is 386. The summed E-state index contributed by atoms with van der Waals surface area (Å²) in [6, 6.07) is 0. The van der Waals surface area contributed by atoms with Crippen molar-refractivity contribution in [3.05, 3.63) is 11.9 Å². The summed E-state index contributed by atoms with van der Waals surface area (Å²) in [5.74, 6) is 0.601. The Kier molecular flexibility index (Phi) is 1.39. The van der Waals surface area contributed by atoms with Crippen molar-refractivity contribution in [2.45, 2.75) is 6.92 Å². The number of hydrogen-bond acceptors (Lipinski definition) is 4. The Hall–Kier alpha value is -1.72. The van der Waals surface area contributed by atoms with Crippen LogP contribution in [0.2, 0.25) is 0 Å². The maximum Gasteiger partial charge on any atom is 0.208 e. The lowest BCUT2D eigenvalue weighted by molar-refractivity contribution is 0.630. The van der Waals surface area contributed by atoms with E-state index in [0.717, 1.165) is 11.3 Å². The quantitative estimate of drug-likeness (QED) is 0.639. The molecule has 0 radical (unpaired) electrons. The van der Waals surface area contributed by atoms with E-state index in [2.05, 4.69) is 25.6 Å². The Morgan fingerprint density at radius 1 is 1.50 bits per heavy atom. The van der Waals surface area contributed by atoms with Crippen molar-refractivity contribution in [2.75, 3.05) is 0 Å². The maximum absolute atomic E-state index is 4.05. The number of nitrogens with one attached hydrogen (secondary N) is 1. The number of hydrogen-bond donors (Lipinski definition) is 1. The summed E-state index contributed by atoms with van der Waals surface area (Å²) < 4.78 is 0. The number of aromatic amines is 1. The van der Waals surface area contributed by atoms with Crippen LogP contribution in [0.5, 0.6) is 0 Å². The molecule has 0 amide bonds. The fraction of sp³-hybridized carbons (Fsp3) is 0.333. The standard InChI is InChI=1S/C6H8N6/c1-4-5(3-7-8-4)6-9-11-12(2)10-6/h3H,1-2H3,(H,7,8). The van der Waals surface area contributed by atoms with Crippen molar-refractivity contribution in [1.82, 2.24) is 30.4 Å². The van der Waals surface area contributed by atoms with Crippen LogP contribution in [0.25, 0.3) is 11.4 Å². The summed E-state index contributed by atoms with van der Waals surface area (Å²) in [4.78, 5) is 1.42. The molecule has 62 valence electrons. The molecule has 0 aliphatic rings. The third kappa shape index (κ3) is 0.969. The number of rotatable bonds is 1. The fourth-order valence-electron chi connectivity index (χ4n) is 0.968. The predicted molar refractivity (Wildman–Crippen MR) is 41.1 cm³/mol. The molecule has 2 heterocycles. The third-order valence-electron chi connectivity index (χ3n) is 1.58. The summed E-state index contributed by atoms with van der Waals surface area (Å²) in [7, 11) is 1.73. The second-order valence-corrected chi connectivity index (χ2v) is 2.51. The first-order chi connectivity index (χ1) is 5.77. The molecule has 0 aromatic carbocycles. The molecule has 0 bridgehead atoms. The van der Waals surface area contributed by atoms with Crippen LogP contribution in [0, 0.1) is 6.92 Å². The largest absolute Gasteiger partial charge is 0.282 e. The second-order valence-electron chi connectivity index (χ2n) is 2.51. The van der Waals surface area contributed by atoms with Crippen LogP contribution < -0.4 is 0 Å². The van der Waals surface area contributed by atoms with E-state index in [1.54, 1.807) is 13.2 Å². The topological polar surface area (TPSA) is 72.3 Å². The lowest BCUT2D eigenvalue weighted by Crippen LogP contribution is -1.91. The van der Waals surface area contributed by atoms with E-state index in [1.807, 2.05) is 6.92 Å². The molecule has 2 rings (SSSR count). The van der Waals surface area contributed by atoms with Gasteiger partial charge < -0.3 is 0 Å². The summed E-state index contributed by atoms with van der Waals surface area (Å²) in [6.07, 6.45) is 1.69. The molecular formula is C6H8N6. The molecule has 0 spiro atoms. The van der Waals surface area contributed by atoms with Crippen molar-refractivity contribution >= 4 is 0 Å². The second kappa shape index (κ2) is 2.40. The molecule has 12 heavy (non-hydrogen) atoms. The molecule has 0 fully saturated rings. The molecule has 0 saturated heterocycles. The normalized spacial score (nSPS) is 10.5. The first-order valence-corrected chi connectivity index (χ1v) is 3.51. The summed E-state index contributed by atoms with van der Waals surface area (Å²) >= 11 is 0. The molecule has 0 atom stereocenters. The highest BCUT2D eigenvalue weighted by Gasteiger charge is 2.08. The minimum absolute atomic E-state index is 0.601. The zero-order valence-electron chi connectivity index (χ0n) is 6.81. The number of aromatic nitrogens is 6. The predicted octanol–water partition coefficient (Wildman–Crippen LogP) is -0.0914. The van der Waals surface area contributed by atoms with Gasteiger partial charge in [-0.25, -0.2) is 0 Å². The average molecular weight is 164 g/mol. The molecule has 0 saturated carbocycles. The van der Waals surface area contributed by atoms with Gasteiger partial charge in [0.25, 0.3) is 0 Å². The van der Waals surface area contributed by atoms with Crippen LogP contribution in [-0.4, -0.2) is 30.4 Å². The first kappa shape index (κ1) is 6.96. The highest BCUT2D eigenvalue weighted by atomic mass is 15.6. The molecule has 0 unspecified atom stereocenters. The molecular weight excluding hydrogens is 156 g/mol. The Morgan fingerprint density at radius 2 is 2.33 bits per heavy atom. The molecule has 2 aromatic heterocycles. The van der Waals surface area contributed by atoms with Crippen LogP contribution in [0.1, 0.15) is 5.69 Å². The Labute approximate surface area is 68.6 Å². The zero-order chi connectivity index (χ0) is 8.55. The smallest absolute Gasteiger partial charge is 0.208 e. The van der Waals surface area contributed by atoms with Gasteiger partial charge in [-0.05, 0) is 12.1 Å². The minimum atomic E-state index is 0.601. The lowest BCUT2D eigenvalue weighted by atomic mass is 10.2. The van der Waals surface area contributed by atoms with E-state index in [1.165, 1.54) is 4.80 Å². The van der Waals surface area contributed by atoms with Gasteiger partial charge in [0, 0.05) is 5.69 Å². The van der Waals surface area contributed by atoms with Gasteiger partial charge in [-0.3, -0.25) is 5.10 Å². The molecule has 0 aliphatic heterocycles. The van der Waals surface area contributed by atoms with E-state index >= 15 is 0 Å². The Balaban J connectivity index is 2.50. The van der Waals surface area contributed by atoms with E-state index in [-0.39, 0.29) is 0 Å². The third-order valence-corrected chi connectivity index (χ3v) is 1.58. The number of nitrogens with zero attached hydrogens (tertiary/aromatic N) is 5. The van der Waals surface area contributed by atoms with Crippen molar-refractivity contribution in [2.24, 2.45) is 7.05 Å². The van der Waals surface area contributed by atoms with Gasteiger partial charge in [0.1, 0.15) is 0 Å². The molecule has 0 aliphatic carbocycles. The van der Waals surface area contributed by atoms with Gasteiger partial charge in [0.15, 0.2) is 0 Å². The first-order valence-electron chi connectivity index (χ1n) is 3.51. The van der Waals surface area contributed by atoms with Gasteiger partial charge in [0.05, 0.1) is 18.8 Å². The van der Waals surface area contributed by atoms with E-state index < -0.39 is 0 Å². The van der Waals surface area contributed by atoms with Crippen LogP contribution in [-0.2, 0) is 7.05 Å². The van der Waals surface area contributed by atoms with Crippen LogP contribution in [0.4, 0.5) is 0 Å². The average Bonchev–Trinajstić information content (AvgIpc) is 2.58. The van der Waals surface area contributed by atoms with E-state index in [9.17, 15) is 0 Å². The van der Waals surface area contributed by atoms with E-state index in [4.69, 9.17) is 0 Å². The van der Waals surface area contributed by atoms with E-state index in [0.29, 0.717) is 5.82 Å². The van der Waals surface area contributed by atoms with Gasteiger partial charge in [0.2, 0.25) is 5.82 Å². The molecule has 2 aromatic rings. The SMILES string of the molecule is Cc1[nH]ncc1-c1nnn(C)n1. The van der Waals surface area contributed by atoms with Crippen molar-refractivity contribution in [3.63, 3.8) is 0 Å². The number of tetrazole rings is 1.